The van der Waals surface area contributed by atoms with Crippen molar-refractivity contribution in [3.05, 3.63) is 12.2 Å². The third-order valence-corrected chi connectivity index (χ3v) is 14.9. The zero-order valence-corrected chi connectivity index (χ0v) is 26.9. The van der Waals surface area contributed by atoms with Gasteiger partial charge in [0.25, 0.3) is 0 Å². The highest BCUT2D eigenvalue weighted by Gasteiger charge is 2.72. The summed E-state index contributed by atoms with van der Waals surface area (Å²) in [6.07, 6.45) is 6.54. The van der Waals surface area contributed by atoms with E-state index < -0.39 is 38.4 Å². The van der Waals surface area contributed by atoms with Crippen molar-refractivity contribution >= 4 is 20.8 Å². The minimum atomic E-state index is -4.63. The van der Waals surface area contributed by atoms with Gasteiger partial charge in [0.2, 0.25) is 0 Å². The van der Waals surface area contributed by atoms with Crippen LogP contribution in [0.1, 0.15) is 106 Å². The molecule has 0 unspecified atom stereocenters. The largest absolute Gasteiger partial charge is 0.397 e. The van der Waals surface area contributed by atoms with E-state index in [2.05, 4.69) is 55.0 Å². The second kappa shape index (κ2) is 9.24. The molecule has 0 bridgehead atoms. The molecule has 2 N–H and O–H groups in total. The molecule has 0 spiro atoms. The molecule has 5 aliphatic carbocycles. The molecule has 5 aliphatic rings. The molecule has 0 aromatic rings. The Kier molecular flexibility index (Phi) is 7.14. The maximum atomic E-state index is 12.2. The van der Waals surface area contributed by atoms with Crippen LogP contribution in [0.4, 0.5) is 0 Å². The molecule has 0 saturated heterocycles. The Morgan fingerprint density at radius 3 is 1.88 bits per heavy atom. The van der Waals surface area contributed by atoms with Crippen LogP contribution in [0.15, 0.2) is 12.2 Å². The normalized spacial score (nSPS) is 50.3. The molecular formula is C30H50O8S2. The maximum absolute atomic E-state index is 12.2. The van der Waals surface area contributed by atoms with E-state index in [0.717, 1.165) is 50.5 Å². The SMILES string of the molecule is C=C(C)[C@@H]1CC[C@@]2(C)[C@H]1[C@H]1CC[C@@H]3[C@@]4(C)CC[C@H](OS(=O)(=O)O)C(C)(C)[C@@H]4CC[C@@]3(C)[C@]1(C)C[C@@H]2OS(=O)(=O)O. The molecule has 0 amide bonds. The molecule has 0 radical (unpaired) electrons. The molecule has 0 aromatic heterocycles. The number of fused-ring (bicyclic) bond motifs is 7. The van der Waals surface area contributed by atoms with Crippen LogP contribution in [0.25, 0.3) is 0 Å². The van der Waals surface area contributed by atoms with Gasteiger partial charge >= 0.3 is 20.8 Å². The highest BCUT2D eigenvalue weighted by molar-refractivity contribution is 7.81. The van der Waals surface area contributed by atoms with Crippen LogP contribution in [-0.4, -0.2) is 38.1 Å². The van der Waals surface area contributed by atoms with Crippen molar-refractivity contribution < 1.29 is 34.3 Å². The lowest BCUT2D eigenvalue weighted by atomic mass is 9.32. The van der Waals surface area contributed by atoms with Crippen molar-refractivity contribution in [3.63, 3.8) is 0 Å². The van der Waals surface area contributed by atoms with Crippen molar-refractivity contribution in [2.45, 2.75) is 118 Å². The molecule has 40 heavy (non-hydrogen) atoms. The Labute approximate surface area is 242 Å². The van der Waals surface area contributed by atoms with Crippen LogP contribution in [-0.2, 0) is 29.2 Å². The van der Waals surface area contributed by atoms with Crippen molar-refractivity contribution in [1.82, 2.24) is 0 Å². The minimum absolute atomic E-state index is 0.0624. The molecule has 5 saturated carbocycles. The fourth-order valence-electron chi connectivity index (χ4n) is 12.1. The lowest BCUT2D eigenvalue weighted by Crippen LogP contribution is -2.68. The molecule has 11 atom stereocenters. The molecule has 8 nitrogen and oxygen atoms in total. The van der Waals surface area contributed by atoms with Gasteiger partial charge in [-0.25, -0.2) is 8.37 Å². The Morgan fingerprint density at radius 2 is 1.30 bits per heavy atom. The molecule has 0 heterocycles. The predicted octanol–water partition coefficient (Wildman–Crippen LogP) is 6.65. The van der Waals surface area contributed by atoms with Crippen molar-refractivity contribution in [2.24, 2.45) is 56.7 Å². The van der Waals surface area contributed by atoms with Crippen LogP contribution in [0.3, 0.4) is 0 Å². The summed E-state index contributed by atoms with van der Waals surface area (Å²) in [6.45, 7) is 19.9. The molecule has 5 rings (SSSR count). The topological polar surface area (TPSA) is 127 Å². The average molecular weight is 603 g/mol. The highest BCUT2D eigenvalue weighted by atomic mass is 32.3. The number of hydrogen-bond donors (Lipinski definition) is 2. The van der Waals surface area contributed by atoms with E-state index in [9.17, 15) is 25.9 Å². The van der Waals surface area contributed by atoms with Gasteiger partial charge in [-0.15, -0.1) is 0 Å². The monoisotopic (exact) mass is 602 g/mol. The summed E-state index contributed by atoms with van der Waals surface area (Å²) >= 11 is 0. The van der Waals surface area contributed by atoms with Gasteiger partial charge in [0, 0.05) is 0 Å². The van der Waals surface area contributed by atoms with E-state index in [1.165, 1.54) is 0 Å². The average Bonchev–Trinajstić information content (AvgIpc) is 3.14. The Morgan fingerprint density at radius 1 is 0.725 bits per heavy atom. The summed E-state index contributed by atoms with van der Waals surface area (Å²) in [6, 6.07) is 0. The summed E-state index contributed by atoms with van der Waals surface area (Å²) in [7, 11) is -9.18. The molecule has 0 aliphatic heterocycles. The van der Waals surface area contributed by atoms with Gasteiger partial charge in [-0.2, -0.15) is 16.8 Å². The fourth-order valence-corrected chi connectivity index (χ4v) is 13.3. The standard InChI is InChI=1S/C30H50O8S2/c1-18(2)19-11-14-28(6)24(38-40(34,35)36)17-30(8)20(25(19)28)9-10-22-27(5)15-13-23(37-39(31,32)33)26(3,4)21(27)12-16-29(22,30)7/h19-25H,1,9-17H2,2-8H3,(H,31,32,33)(H,34,35,36)/t19-,20+,21-,22+,23-,24-,25+,27-,28+,29+,30+/m0/s1. The highest BCUT2D eigenvalue weighted by Crippen LogP contribution is 2.77. The van der Waals surface area contributed by atoms with E-state index in [-0.39, 0.29) is 33.5 Å². The van der Waals surface area contributed by atoms with Crippen LogP contribution in [0.5, 0.6) is 0 Å². The fraction of sp³-hybridized carbons (Fsp3) is 0.933. The molecular weight excluding hydrogens is 552 g/mol. The quantitative estimate of drug-likeness (QED) is 0.265. The Bertz CT molecular complexity index is 1280. The van der Waals surface area contributed by atoms with Gasteiger partial charge in [-0.1, -0.05) is 53.7 Å². The first-order valence-corrected chi connectivity index (χ1v) is 17.8. The van der Waals surface area contributed by atoms with Gasteiger partial charge < -0.3 is 0 Å². The lowest BCUT2D eigenvalue weighted by Gasteiger charge is -2.73. The van der Waals surface area contributed by atoms with E-state index in [4.69, 9.17) is 8.37 Å². The first kappa shape index (κ1) is 30.9. The van der Waals surface area contributed by atoms with Crippen molar-refractivity contribution in [3.8, 4) is 0 Å². The summed E-state index contributed by atoms with van der Waals surface area (Å²) in [4.78, 5) is 0. The third-order valence-electron chi connectivity index (χ3n) is 14.0. The first-order chi connectivity index (χ1) is 18.1. The number of allylic oxidation sites excluding steroid dienone is 1. The minimum Gasteiger partial charge on any atom is -0.264 e. The molecule has 230 valence electrons. The summed E-state index contributed by atoms with van der Waals surface area (Å²) in [5.41, 5.74) is -0.0365. The maximum Gasteiger partial charge on any atom is 0.397 e. The second-order valence-corrected chi connectivity index (χ2v) is 17.9. The van der Waals surface area contributed by atoms with Gasteiger partial charge in [0.15, 0.2) is 0 Å². The van der Waals surface area contributed by atoms with E-state index >= 15 is 0 Å². The van der Waals surface area contributed by atoms with Crippen molar-refractivity contribution in [1.29, 1.82) is 0 Å². The smallest absolute Gasteiger partial charge is 0.264 e. The predicted molar refractivity (Wildman–Crippen MR) is 153 cm³/mol. The van der Waals surface area contributed by atoms with Gasteiger partial charge in [-0.05, 0) is 121 Å². The van der Waals surface area contributed by atoms with Gasteiger partial charge in [0.1, 0.15) is 0 Å². The Balaban J connectivity index is 1.56. The second-order valence-electron chi connectivity index (χ2n) is 15.8. The zero-order chi connectivity index (χ0) is 29.9. The lowest BCUT2D eigenvalue weighted by molar-refractivity contribution is -0.257. The summed E-state index contributed by atoms with van der Waals surface area (Å²) < 4.78 is 77.9. The van der Waals surface area contributed by atoms with E-state index in [1.807, 2.05) is 0 Å². The zero-order valence-electron chi connectivity index (χ0n) is 25.3. The van der Waals surface area contributed by atoms with Crippen molar-refractivity contribution in [2.75, 3.05) is 0 Å². The number of hydrogen-bond acceptors (Lipinski definition) is 6. The van der Waals surface area contributed by atoms with Gasteiger partial charge in [0.05, 0.1) is 12.2 Å². The molecule has 10 heteroatoms. The first-order valence-electron chi connectivity index (χ1n) is 15.1. The van der Waals surface area contributed by atoms with Crippen LogP contribution < -0.4 is 0 Å². The van der Waals surface area contributed by atoms with E-state index in [0.29, 0.717) is 30.6 Å². The van der Waals surface area contributed by atoms with E-state index in [1.54, 1.807) is 0 Å². The molecule has 5 fully saturated rings. The van der Waals surface area contributed by atoms with Crippen LogP contribution >= 0.6 is 0 Å². The summed E-state index contributed by atoms with van der Waals surface area (Å²) in [5, 5.41) is 0. The molecule has 0 aromatic carbocycles. The summed E-state index contributed by atoms with van der Waals surface area (Å²) in [5.74, 6) is 1.48. The van der Waals surface area contributed by atoms with Crippen LogP contribution in [0, 0.1) is 56.7 Å². The van der Waals surface area contributed by atoms with Crippen LogP contribution in [0.2, 0.25) is 0 Å². The Hall–Kier alpha value is -0.520. The third kappa shape index (κ3) is 4.40. The van der Waals surface area contributed by atoms with Gasteiger partial charge in [-0.3, -0.25) is 9.11 Å². The number of rotatable bonds is 5.